The average Bonchev–Trinajstić information content (AvgIpc) is 2.43. The molecule has 0 radical (unpaired) electrons. The van der Waals surface area contributed by atoms with Gasteiger partial charge in [-0.25, -0.2) is 4.98 Å². The van der Waals surface area contributed by atoms with Gasteiger partial charge in [-0.3, -0.25) is 4.79 Å². The summed E-state index contributed by atoms with van der Waals surface area (Å²) in [6.07, 6.45) is 1.79. The van der Waals surface area contributed by atoms with Gasteiger partial charge in [-0.05, 0) is 43.4 Å². The minimum Gasteiger partial charge on any atom is -0.507 e. The van der Waals surface area contributed by atoms with Gasteiger partial charge >= 0.3 is 0 Å². The third kappa shape index (κ3) is 2.40. The number of phenols is 1. The van der Waals surface area contributed by atoms with E-state index in [4.69, 9.17) is 5.26 Å². The normalized spacial score (nSPS) is 10.3. The standard InChI is InChI=1S/C14H13N3O2S/c1-7-4-9(5-8(2)12(7)18)11-10(6-15)13(19)17-14(16-11)20-3/h4-5,18H,1-3H3,(H,16,17,19). The summed E-state index contributed by atoms with van der Waals surface area (Å²) in [4.78, 5) is 18.7. The zero-order valence-corrected chi connectivity index (χ0v) is 12.1. The predicted molar refractivity (Wildman–Crippen MR) is 77.9 cm³/mol. The number of nitriles is 1. The molecule has 2 N–H and O–H groups in total. The maximum absolute atomic E-state index is 11.9. The van der Waals surface area contributed by atoms with Crippen LogP contribution in [0.1, 0.15) is 16.7 Å². The van der Waals surface area contributed by atoms with Crippen LogP contribution in [-0.4, -0.2) is 21.3 Å². The topological polar surface area (TPSA) is 89.8 Å². The zero-order chi connectivity index (χ0) is 14.9. The fourth-order valence-electron chi connectivity index (χ4n) is 1.95. The van der Waals surface area contributed by atoms with Crippen LogP contribution in [0.15, 0.2) is 22.1 Å². The molecule has 0 fully saturated rings. The Kier molecular flexibility index (Phi) is 3.81. The molecule has 0 saturated heterocycles. The van der Waals surface area contributed by atoms with Crippen LogP contribution >= 0.6 is 11.8 Å². The van der Waals surface area contributed by atoms with E-state index in [1.54, 1.807) is 32.2 Å². The molecule has 0 saturated carbocycles. The largest absolute Gasteiger partial charge is 0.507 e. The molecule has 0 amide bonds. The van der Waals surface area contributed by atoms with Gasteiger partial charge in [0.15, 0.2) is 5.16 Å². The lowest BCUT2D eigenvalue weighted by Gasteiger charge is -2.09. The van der Waals surface area contributed by atoms with E-state index in [1.165, 1.54) is 11.8 Å². The predicted octanol–water partition coefficient (Wildman–Crippen LogP) is 2.35. The Bertz CT molecular complexity index is 752. The monoisotopic (exact) mass is 287 g/mol. The summed E-state index contributed by atoms with van der Waals surface area (Å²) in [5.41, 5.74) is 1.87. The maximum Gasteiger partial charge on any atom is 0.270 e. The molecule has 0 bridgehead atoms. The minimum atomic E-state index is -0.453. The van der Waals surface area contributed by atoms with E-state index in [0.717, 1.165) is 0 Å². The highest BCUT2D eigenvalue weighted by Gasteiger charge is 2.15. The average molecular weight is 287 g/mol. The van der Waals surface area contributed by atoms with E-state index < -0.39 is 5.56 Å². The number of hydrogen-bond donors (Lipinski definition) is 2. The lowest BCUT2D eigenvalue weighted by Crippen LogP contribution is -2.14. The maximum atomic E-state index is 11.9. The number of rotatable bonds is 2. The Balaban J connectivity index is 2.78. The molecule has 0 aliphatic carbocycles. The molecule has 0 atom stereocenters. The summed E-state index contributed by atoms with van der Waals surface area (Å²) < 4.78 is 0. The third-order valence-corrected chi connectivity index (χ3v) is 3.55. The molecular weight excluding hydrogens is 274 g/mol. The van der Waals surface area contributed by atoms with Crippen LogP contribution in [0.5, 0.6) is 5.75 Å². The van der Waals surface area contributed by atoms with Crippen molar-refractivity contribution in [2.45, 2.75) is 19.0 Å². The van der Waals surface area contributed by atoms with Gasteiger partial charge in [0.2, 0.25) is 0 Å². The van der Waals surface area contributed by atoms with Crippen LogP contribution in [0.25, 0.3) is 11.3 Å². The summed E-state index contributed by atoms with van der Waals surface area (Å²) in [5, 5.41) is 19.4. The third-order valence-electron chi connectivity index (χ3n) is 2.97. The van der Waals surface area contributed by atoms with E-state index >= 15 is 0 Å². The van der Waals surface area contributed by atoms with Gasteiger partial charge < -0.3 is 10.1 Å². The molecule has 1 aromatic heterocycles. The Labute approximate surface area is 120 Å². The number of nitrogens with zero attached hydrogens (tertiary/aromatic N) is 2. The van der Waals surface area contributed by atoms with Gasteiger partial charge in [0.25, 0.3) is 5.56 Å². The van der Waals surface area contributed by atoms with Crippen LogP contribution in [0.3, 0.4) is 0 Å². The van der Waals surface area contributed by atoms with Gasteiger partial charge in [-0.1, -0.05) is 11.8 Å². The van der Waals surface area contributed by atoms with Gasteiger partial charge in [-0.15, -0.1) is 0 Å². The Morgan fingerprint density at radius 2 is 1.95 bits per heavy atom. The first kappa shape index (κ1) is 14.2. The van der Waals surface area contributed by atoms with Crippen molar-refractivity contribution < 1.29 is 5.11 Å². The lowest BCUT2D eigenvalue weighted by atomic mass is 10.0. The molecule has 2 rings (SSSR count). The van der Waals surface area contributed by atoms with Crippen molar-refractivity contribution in [2.24, 2.45) is 0 Å². The summed E-state index contributed by atoms with van der Waals surface area (Å²) in [6, 6.07) is 5.32. The van der Waals surface area contributed by atoms with Crippen LogP contribution in [0, 0.1) is 25.2 Å². The van der Waals surface area contributed by atoms with Gasteiger partial charge in [0, 0.05) is 5.56 Å². The van der Waals surface area contributed by atoms with E-state index in [2.05, 4.69) is 9.97 Å². The van der Waals surface area contributed by atoms with Crippen LogP contribution < -0.4 is 5.56 Å². The second-order valence-electron chi connectivity index (χ2n) is 4.37. The Morgan fingerprint density at radius 3 is 2.45 bits per heavy atom. The van der Waals surface area contributed by atoms with Crippen LogP contribution in [0.4, 0.5) is 0 Å². The number of hydrogen-bond acceptors (Lipinski definition) is 5. The second kappa shape index (κ2) is 5.39. The highest BCUT2D eigenvalue weighted by Crippen LogP contribution is 2.29. The number of H-pyrrole nitrogens is 1. The first-order valence-electron chi connectivity index (χ1n) is 5.87. The highest BCUT2D eigenvalue weighted by molar-refractivity contribution is 7.98. The zero-order valence-electron chi connectivity index (χ0n) is 11.3. The highest BCUT2D eigenvalue weighted by atomic mass is 32.2. The molecule has 0 spiro atoms. The van der Waals surface area contributed by atoms with Crippen molar-refractivity contribution in [1.82, 2.24) is 9.97 Å². The first-order chi connectivity index (χ1) is 9.47. The second-order valence-corrected chi connectivity index (χ2v) is 5.16. The molecule has 1 heterocycles. The Hall–Kier alpha value is -2.26. The number of benzene rings is 1. The number of phenolic OH excluding ortho intramolecular Hbond substituents is 1. The molecule has 5 nitrogen and oxygen atoms in total. The van der Waals surface area contributed by atoms with E-state index in [0.29, 0.717) is 27.5 Å². The van der Waals surface area contributed by atoms with Crippen molar-refractivity contribution >= 4 is 11.8 Å². The van der Waals surface area contributed by atoms with Crippen LogP contribution in [-0.2, 0) is 0 Å². The molecule has 1 aromatic carbocycles. The van der Waals surface area contributed by atoms with Gasteiger partial charge in [-0.2, -0.15) is 5.26 Å². The smallest absolute Gasteiger partial charge is 0.270 e. The lowest BCUT2D eigenvalue weighted by molar-refractivity contribution is 0.467. The molecule has 0 aliphatic rings. The quantitative estimate of drug-likeness (QED) is 0.653. The number of thioether (sulfide) groups is 1. The van der Waals surface area contributed by atoms with Crippen molar-refractivity contribution in [1.29, 1.82) is 5.26 Å². The minimum absolute atomic E-state index is 0.0210. The number of aromatic hydroxyl groups is 1. The molecule has 102 valence electrons. The van der Waals surface area contributed by atoms with Crippen molar-refractivity contribution in [3.05, 3.63) is 39.2 Å². The SMILES string of the molecule is CSc1nc(-c2cc(C)c(O)c(C)c2)c(C#N)c(=O)[nH]1. The summed E-state index contributed by atoms with van der Waals surface area (Å²) >= 11 is 1.30. The molecule has 20 heavy (non-hydrogen) atoms. The first-order valence-corrected chi connectivity index (χ1v) is 7.09. The van der Waals surface area contributed by atoms with Crippen molar-refractivity contribution in [3.8, 4) is 23.1 Å². The van der Waals surface area contributed by atoms with E-state index in [1.807, 2.05) is 6.07 Å². The summed E-state index contributed by atoms with van der Waals surface area (Å²) in [5.74, 6) is 0.210. The van der Waals surface area contributed by atoms with Crippen molar-refractivity contribution in [3.63, 3.8) is 0 Å². The van der Waals surface area contributed by atoms with Gasteiger partial charge in [0.05, 0.1) is 5.69 Å². The van der Waals surface area contributed by atoms with Gasteiger partial charge in [0.1, 0.15) is 17.4 Å². The molecular formula is C14H13N3O2S. The number of aromatic amines is 1. The van der Waals surface area contributed by atoms with E-state index in [-0.39, 0.29) is 11.3 Å². The van der Waals surface area contributed by atoms with E-state index in [9.17, 15) is 9.90 Å². The summed E-state index contributed by atoms with van der Waals surface area (Å²) in [6.45, 7) is 3.53. The van der Waals surface area contributed by atoms with Crippen molar-refractivity contribution in [2.75, 3.05) is 6.26 Å². The molecule has 0 unspecified atom stereocenters. The number of nitrogens with one attached hydrogen (secondary N) is 1. The molecule has 6 heteroatoms. The fraction of sp³-hybridized carbons (Fsp3) is 0.214. The Morgan fingerprint density at radius 1 is 1.35 bits per heavy atom. The number of aryl methyl sites for hydroxylation is 2. The molecule has 0 aliphatic heterocycles. The number of aromatic nitrogens is 2. The summed E-state index contributed by atoms with van der Waals surface area (Å²) in [7, 11) is 0. The molecule has 2 aromatic rings. The van der Waals surface area contributed by atoms with Crippen LogP contribution in [0.2, 0.25) is 0 Å². The fourth-order valence-corrected chi connectivity index (χ4v) is 2.33.